The molecule has 162 valence electrons. The van der Waals surface area contributed by atoms with E-state index in [2.05, 4.69) is 115 Å². The zero-order chi connectivity index (χ0) is 22.9. The summed E-state index contributed by atoms with van der Waals surface area (Å²) in [6.07, 6.45) is 0. The van der Waals surface area contributed by atoms with Gasteiger partial charge in [0.2, 0.25) is 0 Å². The van der Waals surface area contributed by atoms with Crippen molar-refractivity contribution in [1.82, 2.24) is 9.97 Å². The predicted molar refractivity (Wildman–Crippen MR) is 146 cm³/mol. The van der Waals surface area contributed by atoms with Crippen molar-refractivity contribution in [2.24, 2.45) is 0 Å². The molecule has 0 aliphatic carbocycles. The van der Waals surface area contributed by atoms with Crippen molar-refractivity contribution in [1.29, 1.82) is 0 Å². The summed E-state index contributed by atoms with van der Waals surface area (Å²) in [5.74, 6) is 0.788. The molecule has 1 heterocycles. The van der Waals surface area contributed by atoms with Gasteiger partial charge in [-0.15, -0.1) is 0 Å². The second-order valence-electron chi connectivity index (χ2n) is 8.32. The Bertz CT molecular complexity index is 1570. The van der Waals surface area contributed by atoms with Crippen LogP contribution in [0.1, 0.15) is 5.82 Å². The summed E-state index contributed by atoms with van der Waals surface area (Å²) in [6, 6.07) is 43.3. The molecule has 0 spiro atoms. The average molecular weight is 455 g/mol. The van der Waals surface area contributed by atoms with Crippen LogP contribution in [0.3, 0.4) is 0 Å². The van der Waals surface area contributed by atoms with E-state index in [1.54, 1.807) is 0 Å². The number of hydrogen-bond acceptors (Lipinski definition) is 2. The van der Waals surface area contributed by atoms with Crippen molar-refractivity contribution in [3.8, 4) is 11.3 Å². The molecule has 6 aromatic rings. The lowest BCUT2D eigenvalue weighted by Gasteiger charge is -2.24. The molecule has 34 heavy (non-hydrogen) atoms. The normalized spacial score (nSPS) is 11.4. The summed E-state index contributed by atoms with van der Waals surface area (Å²) in [5, 5.41) is 7.50. The number of nitrogens with zero attached hydrogens (tertiary/aromatic N) is 2. The van der Waals surface area contributed by atoms with Gasteiger partial charge in [-0.25, -0.2) is 9.97 Å². The van der Waals surface area contributed by atoms with Crippen molar-refractivity contribution >= 4 is 45.5 Å². The van der Waals surface area contributed by atoms with Crippen LogP contribution in [0.2, 0.25) is 0 Å². The maximum absolute atomic E-state index is 5.05. The minimum absolute atomic E-state index is 0.788. The number of rotatable bonds is 4. The van der Waals surface area contributed by atoms with Crippen LogP contribution in [0.15, 0.2) is 121 Å². The third kappa shape index (κ3) is 3.67. The smallest absolute Gasteiger partial charge is 0.126 e. The van der Waals surface area contributed by atoms with Crippen LogP contribution >= 0.6 is 7.92 Å². The number of aryl methyl sites for hydroxylation is 1. The minimum atomic E-state index is -0.789. The lowest BCUT2D eigenvalue weighted by atomic mass is 9.99. The number of hydrogen-bond donors (Lipinski definition) is 0. The van der Waals surface area contributed by atoms with Crippen molar-refractivity contribution < 1.29 is 0 Å². The Morgan fingerprint density at radius 2 is 1.12 bits per heavy atom. The highest BCUT2D eigenvalue weighted by Crippen LogP contribution is 2.41. The Labute approximate surface area is 200 Å². The van der Waals surface area contributed by atoms with Crippen LogP contribution in [0, 0.1) is 6.92 Å². The van der Waals surface area contributed by atoms with E-state index >= 15 is 0 Å². The standard InChI is InChI=1S/C31H23N2P/c1-22-32-28-19-11-10-18-27(28)31(33-22)30-26-17-9-8-12-23(26)20-21-29(30)34(24-13-4-2-5-14-24)25-15-6-3-7-16-25/h2-21H,1H3. The van der Waals surface area contributed by atoms with Gasteiger partial charge in [-0.1, -0.05) is 115 Å². The number of aromatic nitrogens is 2. The molecule has 0 N–H and O–H groups in total. The maximum Gasteiger partial charge on any atom is 0.126 e. The van der Waals surface area contributed by atoms with Gasteiger partial charge in [-0.05, 0) is 47.6 Å². The molecule has 0 radical (unpaired) electrons. The van der Waals surface area contributed by atoms with Gasteiger partial charge in [0, 0.05) is 10.9 Å². The van der Waals surface area contributed by atoms with Gasteiger partial charge < -0.3 is 0 Å². The molecule has 2 nitrogen and oxygen atoms in total. The van der Waals surface area contributed by atoms with E-state index in [1.165, 1.54) is 32.2 Å². The summed E-state index contributed by atoms with van der Waals surface area (Å²) in [7, 11) is -0.789. The first-order valence-corrected chi connectivity index (χ1v) is 12.8. The van der Waals surface area contributed by atoms with E-state index in [9.17, 15) is 0 Å². The largest absolute Gasteiger partial charge is 0.233 e. The van der Waals surface area contributed by atoms with Crippen LogP contribution in [0.25, 0.3) is 32.9 Å². The average Bonchev–Trinajstić information content (AvgIpc) is 2.89. The molecule has 3 heteroatoms. The third-order valence-corrected chi connectivity index (χ3v) is 8.61. The van der Waals surface area contributed by atoms with Gasteiger partial charge in [-0.2, -0.15) is 0 Å². The highest BCUT2D eigenvalue weighted by Gasteiger charge is 2.24. The molecule has 0 saturated heterocycles. The van der Waals surface area contributed by atoms with Gasteiger partial charge in [0.25, 0.3) is 0 Å². The van der Waals surface area contributed by atoms with Crippen molar-refractivity contribution in [2.45, 2.75) is 6.92 Å². The summed E-state index contributed by atoms with van der Waals surface area (Å²) < 4.78 is 0. The quantitative estimate of drug-likeness (QED) is 0.284. The van der Waals surface area contributed by atoms with E-state index in [0.29, 0.717) is 0 Å². The third-order valence-electron chi connectivity index (χ3n) is 6.13. The zero-order valence-corrected chi connectivity index (χ0v) is 19.8. The monoisotopic (exact) mass is 454 g/mol. The molecule has 6 rings (SSSR count). The Hall–Kier alpha value is -3.87. The Kier molecular flexibility index (Phi) is 5.37. The molecule has 0 aliphatic heterocycles. The number of fused-ring (bicyclic) bond motifs is 2. The molecular formula is C31H23N2P. The zero-order valence-electron chi connectivity index (χ0n) is 18.9. The van der Waals surface area contributed by atoms with Gasteiger partial charge in [0.05, 0.1) is 11.2 Å². The first-order valence-electron chi connectivity index (χ1n) is 11.5. The van der Waals surface area contributed by atoms with Crippen LogP contribution in [0.4, 0.5) is 0 Å². The first kappa shape index (κ1) is 20.7. The SMILES string of the molecule is Cc1nc(-c2c(P(c3ccccc3)c3ccccc3)ccc3ccccc23)c2ccccc2n1. The van der Waals surface area contributed by atoms with Gasteiger partial charge in [0.15, 0.2) is 0 Å². The summed E-state index contributed by atoms with van der Waals surface area (Å²) in [5.41, 5.74) is 3.19. The molecule has 0 saturated carbocycles. The molecule has 0 fully saturated rings. The van der Waals surface area contributed by atoms with Gasteiger partial charge in [0.1, 0.15) is 5.82 Å². The molecule has 0 bridgehead atoms. The number of benzene rings is 5. The molecular weight excluding hydrogens is 431 g/mol. The van der Waals surface area contributed by atoms with E-state index in [4.69, 9.17) is 9.97 Å². The summed E-state index contributed by atoms with van der Waals surface area (Å²) >= 11 is 0. The van der Waals surface area contributed by atoms with Crippen LogP contribution < -0.4 is 15.9 Å². The second-order valence-corrected chi connectivity index (χ2v) is 10.5. The van der Waals surface area contributed by atoms with E-state index in [1.807, 2.05) is 13.0 Å². The minimum Gasteiger partial charge on any atom is -0.233 e. The highest BCUT2D eigenvalue weighted by atomic mass is 31.1. The molecule has 0 atom stereocenters. The molecule has 5 aromatic carbocycles. The van der Waals surface area contributed by atoms with Crippen LogP contribution in [0.5, 0.6) is 0 Å². The molecule has 0 aliphatic rings. The second kappa shape index (κ2) is 8.82. The van der Waals surface area contributed by atoms with E-state index in [-0.39, 0.29) is 0 Å². The first-order chi connectivity index (χ1) is 16.8. The van der Waals surface area contributed by atoms with E-state index < -0.39 is 7.92 Å². The summed E-state index contributed by atoms with van der Waals surface area (Å²) in [4.78, 5) is 9.78. The fraction of sp³-hybridized carbons (Fsp3) is 0.0323. The van der Waals surface area contributed by atoms with E-state index in [0.717, 1.165) is 22.4 Å². The Morgan fingerprint density at radius 3 is 1.82 bits per heavy atom. The van der Waals surface area contributed by atoms with Crippen molar-refractivity contribution in [2.75, 3.05) is 0 Å². The number of para-hydroxylation sites is 1. The predicted octanol–water partition coefficient (Wildman–Crippen LogP) is 6.52. The van der Waals surface area contributed by atoms with Crippen LogP contribution in [-0.4, -0.2) is 9.97 Å². The maximum atomic E-state index is 5.05. The van der Waals surface area contributed by atoms with Gasteiger partial charge >= 0.3 is 0 Å². The fourth-order valence-corrected chi connectivity index (χ4v) is 7.13. The molecule has 0 amide bonds. The molecule has 0 unspecified atom stereocenters. The summed E-state index contributed by atoms with van der Waals surface area (Å²) in [6.45, 7) is 1.98. The lowest BCUT2D eigenvalue weighted by molar-refractivity contribution is 1.10. The topological polar surface area (TPSA) is 25.8 Å². The van der Waals surface area contributed by atoms with Gasteiger partial charge in [-0.3, -0.25) is 0 Å². The Balaban J connectivity index is 1.75. The lowest BCUT2D eigenvalue weighted by Crippen LogP contribution is -2.22. The van der Waals surface area contributed by atoms with Crippen molar-refractivity contribution in [3.05, 3.63) is 127 Å². The highest BCUT2D eigenvalue weighted by molar-refractivity contribution is 7.80. The van der Waals surface area contributed by atoms with Crippen LogP contribution in [-0.2, 0) is 0 Å². The van der Waals surface area contributed by atoms with Crippen molar-refractivity contribution in [3.63, 3.8) is 0 Å². The fourth-order valence-electron chi connectivity index (χ4n) is 4.66. The molecule has 1 aromatic heterocycles. The Morgan fingerprint density at radius 1 is 0.529 bits per heavy atom.